The van der Waals surface area contributed by atoms with Crippen molar-refractivity contribution >= 4 is 5.97 Å². The fourth-order valence-electron chi connectivity index (χ4n) is 5.43. The van der Waals surface area contributed by atoms with Crippen molar-refractivity contribution in [1.82, 2.24) is 0 Å². The third-order valence-corrected chi connectivity index (χ3v) is 6.99. The van der Waals surface area contributed by atoms with Gasteiger partial charge in [0, 0.05) is 5.41 Å². The molecule has 5 unspecified atom stereocenters. The van der Waals surface area contributed by atoms with Gasteiger partial charge in [-0.15, -0.1) is 0 Å². The highest BCUT2D eigenvalue weighted by Crippen LogP contribution is 2.66. The quantitative estimate of drug-likeness (QED) is 0.532. The number of carbonyl (C=O) groups excluding carboxylic acids is 1. The maximum atomic E-state index is 12.3. The summed E-state index contributed by atoms with van der Waals surface area (Å²) in [7, 11) is 0. The Bertz CT molecular complexity index is 520. The molecule has 0 N–H and O–H groups in total. The first-order valence-electron chi connectivity index (χ1n) is 9.06. The van der Waals surface area contributed by atoms with Crippen LogP contribution in [0.15, 0.2) is 11.6 Å². The Labute approximate surface area is 135 Å². The third kappa shape index (κ3) is 2.25. The summed E-state index contributed by atoms with van der Waals surface area (Å²) in [6.45, 7) is 12.9. The highest BCUT2D eigenvalue weighted by Gasteiger charge is 2.58. The van der Waals surface area contributed by atoms with Crippen LogP contribution in [0.4, 0.5) is 0 Å². The van der Waals surface area contributed by atoms with Crippen molar-refractivity contribution in [2.24, 2.45) is 28.6 Å². The summed E-state index contributed by atoms with van der Waals surface area (Å²) < 4.78 is 6.08. The topological polar surface area (TPSA) is 26.3 Å². The van der Waals surface area contributed by atoms with Crippen LogP contribution in [-0.2, 0) is 9.53 Å². The summed E-state index contributed by atoms with van der Waals surface area (Å²) in [6.07, 6.45) is 8.52. The Morgan fingerprint density at radius 2 is 2.09 bits per heavy atom. The van der Waals surface area contributed by atoms with Crippen molar-refractivity contribution in [2.45, 2.75) is 79.2 Å². The largest absolute Gasteiger partial charge is 0.458 e. The van der Waals surface area contributed by atoms with Crippen molar-refractivity contribution in [3.63, 3.8) is 0 Å². The van der Waals surface area contributed by atoms with Crippen LogP contribution in [0.5, 0.6) is 0 Å². The van der Waals surface area contributed by atoms with E-state index in [1.807, 2.05) is 13.8 Å². The second-order valence-corrected chi connectivity index (χ2v) is 9.26. The molecule has 0 spiro atoms. The van der Waals surface area contributed by atoms with Crippen LogP contribution < -0.4 is 0 Å². The van der Waals surface area contributed by atoms with Crippen LogP contribution in [0, 0.1) is 28.6 Å². The summed E-state index contributed by atoms with van der Waals surface area (Å²) in [4.78, 5) is 12.3. The zero-order valence-electron chi connectivity index (χ0n) is 15.2. The number of fused-ring (bicyclic) bond motifs is 1. The van der Waals surface area contributed by atoms with Crippen LogP contribution in [0.1, 0.15) is 73.6 Å². The summed E-state index contributed by atoms with van der Waals surface area (Å²) in [5.41, 5.74) is 1.62. The van der Waals surface area contributed by atoms with Gasteiger partial charge in [-0.25, -0.2) is 0 Å². The average Bonchev–Trinajstić information content (AvgIpc) is 2.61. The van der Waals surface area contributed by atoms with Crippen molar-refractivity contribution in [3.05, 3.63) is 11.6 Å². The number of ether oxygens (including phenoxy) is 1. The zero-order chi connectivity index (χ0) is 16.3. The molecule has 0 amide bonds. The number of hydrogen-bond donors (Lipinski definition) is 0. The lowest BCUT2D eigenvalue weighted by Gasteiger charge is -2.49. The Balaban J connectivity index is 1.95. The van der Waals surface area contributed by atoms with Crippen LogP contribution in [0.2, 0.25) is 0 Å². The number of hydrogen-bond acceptors (Lipinski definition) is 2. The smallest absolute Gasteiger partial charge is 0.308 e. The van der Waals surface area contributed by atoms with E-state index in [1.165, 1.54) is 19.3 Å². The van der Waals surface area contributed by atoms with Gasteiger partial charge in [0.2, 0.25) is 0 Å². The van der Waals surface area contributed by atoms with E-state index in [0.717, 1.165) is 24.7 Å². The Morgan fingerprint density at radius 3 is 2.68 bits per heavy atom. The lowest BCUT2D eigenvalue weighted by molar-refractivity contribution is -0.176. The van der Waals surface area contributed by atoms with Crippen molar-refractivity contribution in [2.75, 3.05) is 0 Å². The van der Waals surface area contributed by atoms with Gasteiger partial charge in [-0.05, 0) is 56.3 Å². The number of esters is 1. The van der Waals surface area contributed by atoms with E-state index in [2.05, 4.69) is 33.8 Å². The SMILES string of the molecule is CCC(C)(OC(=O)C(C)C)C1(C)C=C2CC3CC(C)(CC23)C1. The van der Waals surface area contributed by atoms with E-state index < -0.39 is 5.60 Å². The highest BCUT2D eigenvalue weighted by molar-refractivity contribution is 5.72. The van der Waals surface area contributed by atoms with Gasteiger partial charge >= 0.3 is 5.97 Å². The van der Waals surface area contributed by atoms with Gasteiger partial charge in [-0.2, -0.15) is 0 Å². The molecule has 2 bridgehead atoms. The summed E-state index contributed by atoms with van der Waals surface area (Å²) in [5.74, 6) is 1.64. The van der Waals surface area contributed by atoms with Crippen LogP contribution in [0.25, 0.3) is 0 Å². The summed E-state index contributed by atoms with van der Waals surface area (Å²) >= 11 is 0. The van der Waals surface area contributed by atoms with E-state index in [4.69, 9.17) is 4.74 Å². The minimum Gasteiger partial charge on any atom is -0.458 e. The predicted octanol–water partition coefficient (Wildman–Crippen LogP) is 5.13. The molecule has 124 valence electrons. The predicted molar refractivity (Wildman–Crippen MR) is 89.4 cm³/mol. The molecule has 0 radical (unpaired) electrons. The molecule has 0 aromatic rings. The molecule has 3 aliphatic carbocycles. The van der Waals surface area contributed by atoms with Gasteiger partial charge in [0.25, 0.3) is 0 Å². The number of rotatable bonds is 4. The number of carbonyl (C=O) groups is 1. The van der Waals surface area contributed by atoms with Gasteiger partial charge in [-0.3, -0.25) is 4.79 Å². The molecule has 22 heavy (non-hydrogen) atoms. The standard InChI is InChI=1S/C20H32O2/c1-7-20(6,22-17(21)13(2)3)19(5)10-15-8-14-9-18(4,12-19)11-16(14)15/h10,13-14,16H,7-9,11-12H2,1-6H3. The van der Waals surface area contributed by atoms with Gasteiger partial charge in [0.15, 0.2) is 0 Å². The van der Waals surface area contributed by atoms with Crippen LogP contribution in [0.3, 0.4) is 0 Å². The molecule has 2 nitrogen and oxygen atoms in total. The molecule has 2 heteroatoms. The molecule has 0 heterocycles. The molecule has 2 fully saturated rings. The summed E-state index contributed by atoms with van der Waals surface area (Å²) in [6, 6.07) is 0. The van der Waals surface area contributed by atoms with Crippen LogP contribution in [-0.4, -0.2) is 11.6 Å². The first kappa shape index (κ1) is 16.1. The van der Waals surface area contributed by atoms with Crippen molar-refractivity contribution in [1.29, 1.82) is 0 Å². The van der Waals surface area contributed by atoms with Crippen LogP contribution >= 0.6 is 0 Å². The second kappa shape index (κ2) is 4.85. The van der Waals surface area contributed by atoms with E-state index in [-0.39, 0.29) is 17.3 Å². The Morgan fingerprint density at radius 1 is 1.41 bits per heavy atom. The van der Waals surface area contributed by atoms with E-state index in [1.54, 1.807) is 5.57 Å². The third-order valence-electron chi connectivity index (χ3n) is 6.99. The normalized spacial score (nSPS) is 42.2. The Kier molecular flexibility index (Phi) is 3.55. The molecule has 5 atom stereocenters. The van der Waals surface area contributed by atoms with Crippen molar-refractivity contribution in [3.8, 4) is 0 Å². The molecule has 0 aromatic heterocycles. The van der Waals surface area contributed by atoms with Crippen molar-refractivity contribution < 1.29 is 9.53 Å². The lowest BCUT2D eigenvalue weighted by atomic mass is 9.60. The van der Waals surface area contributed by atoms with E-state index in [9.17, 15) is 4.79 Å². The molecule has 3 rings (SSSR count). The van der Waals surface area contributed by atoms with Gasteiger partial charge in [0.05, 0.1) is 5.92 Å². The molecular weight excluding hydrogens is 272 g/mol. The molecule has 0 aliphatic heterocycles. The van der Waals surface area contributed by atoms with Gasteiger partial charge in [-0.1, -0.05) is 46.3 Å². The minimum atomic E-state index is -0.403. The van der Waals surface area contributed by atoms with Gasteiger partial charge in [0.1, 0.15) is 5.60 Å². The fourth-order valence-corrected chi connectivity index (χ4v) is 5.43. The Hall–Kier alpha value is -0.790. The van der Waals surface area contributed by atoms with E-state index in [0.29, 0.717) is 5.41 Å². The molecule has 0 saturated heterocycles. The molecular formula is C20H32O2. The lowest BCUT2D eigenvalue weighted by Crippen LogP contribution is -2.49. The molecule has 2 saturated carbocycles. The van der Waals surface area contributed by atoms with E-state index >= 15 is 0 Å². The highest BCUT2D eigenvalue weighted by atomic mass is 16.6. The zero-order valence-corrected chi connectivity index (χ0v) is 15.2. The minimum absolute atomic E-state index is 0.0451. The summed E-state index contributed by atoms with van der Waals surface area (Å²) in [5, 5.41) is 0. The number of allylic oxidation sites excluding steroid dienone is 1. The monoisotopic (exact) mass is 304 g/mol. The fraction of sp³-hybridized carbons (Fsp3) is 0.850. The van der Waals surface area contributed by atoms with Gasteiger partial charge < -0.3 is 4.74 Å². The average molecular weight is 304 g/mol. The maximum absolute atomic E-state index is 12.3. The first-order valence-corrected chi connectivity index (χ1v) is 9.06. The second-order valence-electron chi connectivity index (χ2n) is 9.26. The molecule has 3 aliphatic rings. The maximum Gasteiger partial charge on any atom is 0.308 e. The first-order chi connectivity index (χ1) is 10.1. The molecule has 0 aromatic carbocycles.